The summed E-state index contributed by atoms with van der Waals surface area (Å²) in [4.78, 5) is 0. The normalized spacial score (nSPS) is 10.2. The molecule has 0 nitrogen and oxygen atoms in total. The molecule has 0 aliphatic rings. The summed E-state index contributed by atoms with van der Waals surface area (Å²) in [5, 5.41) is 0. The first-order valence-corrected chi connectivity index (χ1v) is 4.38. The van der Waals surface area contributed by atoms with Gasteiger partial charge in [0, 0.05) is 0 Å². The molecule has 0 saturated carbocycles. The highest BCUT2D eigenvalue weighted by molar-refractivity contribution is 6.34. The smallest absolute Gasteiger partial charge is 0.0985 e. The summed E-state index contributed by atoms with van der Waals surface area (Å²) < 4.78 is 0. The van der Waals surface area contributed by atoms with Crippen LogP contribution in [0.5, 0.6) is 0 Å². The highest BCUT2D eigenvalue weighted by Crippen LogP contribution is 2.14. The molecule has 0 amide bonds. The van der Waals surface area contributed by atoms with E-state index in [9.17, 15) is 0 Å². The predicted molar refractivity (Wildman–Crippen MR) is 58.8 cm³/mol. The molecule has 0 aromatic heterocycles. The molecular weight excluding hydrogens is 143 g/mol. The zero-order valence-electron chi connectivity index (χ0n) is 8.09. The summed E-state index contributed by atoms with van der Waals surface area (Å²) in [6, 6.07) is 6.56. The number of hydrogen-bond acceptors (Lipinski definition) is 0. The third-order valence-corrected chi connectivity index (χ3v) is 2.19. The average molecular weight is 158 g/mol. The van der Waals surface area contributed by atoms with Crippen LogP contribution in [0.25, 0.3) is 6.08 Å². The fourth-order valence-electron chi connectivity index (χ4n) is 1.24. The molecule has 0 radical (unpaired) electrons. The molecule has 0 bridgehead atoms. The maximum absolute atomic E-state index is 3.79. The lowest BCUT2D eigenvalue weighted by Gasteiger charge is -2.08. The Morgan fingerprint density at radius 3 is 2.58 bits per heavy atom. The molecule has 0 atom stereocenters. The van der Waals surface area contributed by atoms with Crippen LogP contribution in [0.15, 0.2) is 24.8 Å². The Hall–Kier alpha value is -0.975. The zero-order valence-corrected chi connectivity index (χ0v) is 8.09. The van der Waals surface area contributed by atoms with E-state index in [1.165, 1.54) is 16.6 Å². The third kappa shape index (κ3) is 1.79. The van der Waals surface area contributed by atoms with E-state index in [4.69, 9.17) is 0 Å². The average Bonchev–Trinajstić information content (AvgIpc) is 2.05. The van der Waals surface area contributed by atoms with Crippen LogP contribution in [0.2, 0.25) is 0 Å². The minimum Gasteiger partial charge on any atom is -0.0985 e. The van der Waals surface area contributed by atoms with Gasteiger partial charge in [-0.15, -0.1) is 0 Å². The van der Waals surface area contributed by atoms with E-state index in [-0.39, 0.29) is 0 Å². The molecule has 1 rings (SSSR count). The van der Waals surface area contributed by atoms with Crippen molar-refractivity contribution in [2.75, 3.05) is 0 Å². The summed E-state index contributed by atoms with van der Waals surface area (Å²) in [6.45, 7) is 8.20. The van der Waals surface area contributed by atoms with E-state index in [0.717, 1.165) is 0 Å². The Kier molecular flexibility index (Phi) is 2.75. The van der Waals surface area contributed by atoms with E-state index in [1.54, 1.807) is 0 Å². The fraction of sp³-hybridized carbons (Fsp3) is 0.273. The van der Waals surface area contributed by atoms with Gasteiger partial charge in [-0.3, -0.25) is 0 Å². The van der Waals surface area contributed by atoms with Crippen molar-refractivity contribution in [1.29, 1.82) is 0 Å². The van der Waals surface area contributed by atoms with Crippen molar-refractivity contribution in [1.82, 2.24) is 0 Å². The second-order valence-corrected chi connectivity index (χ2v) is 3.47. The summed E-state index contributed by atoms with van der Waals surface area (Å²) in [7, 11) is 2.11. The number of rotatable bonds is 2. The van der Waals surface area contributed by atoms with Crippen LogP contribution in [-0.2, 0) is 0 Å². The Balaban J connectivity index is 3.13. The Morgan fingerprint density at radius 1 is 1.42 bits per heavy atom. The molecule has 1 aromatic carbocycles. The van der Waals surface area contributed by atoms with Crippen molar-refractivity contribution >= 4 is 19.4 Å². The Bertz CT molecular complexity index is 287. The van der Waals surface area contributed by atoms with Crippen LogP contribution >= 0.6 is 0 Å². The topological polar surface area (TPSA) is 0 Å². The van der Waals surface area contributed by atoms with E-state index in [1.807, 2.05) is 6.08 Å². The highest BCUT2D eigenvalue weighted by atomic mass is 14.0. The van der Waals surface area contributed by atoms with E-state index < -0.39 is 0 Å². The van der Waals surface area contributed by atoms with Crippen molar-refractivity contribution in [3.63, 3.8) is 0 Å². The van der Waals surface area contributed by atoms with Crippen LogP contribution in [0.4, 0.5) is 0 Å². The highest BCUT2D eigenvalue weighted by Gasteiger charge is 2.00. The summed E-state index contributed by atoms with van der Waals surface area (Å²) in [6.07, 6.45) is 1.92. The zero-order chi connectivity index (χ0) is 9.14. The second-order valence-electron chi connectivity index (χ2n) is 3.47. The molecule has 12 heavy (non-hydrogen) atoms. The molecule has 0 spiro atoms. The first-order chi connectivity index (χ1) is 5.65. The molecule has 0 saturated heterocycles. The molecule has 1 heteroatoms. The lowest BCUT2D eigenvalue weighted by Crippen LogP contribution is -2.07. The quantitative estimate of drug-likeness (QED) is 0.574. The number of benzene rings is 1. The maximum atomic E-state index is 3.79. The summed E-state index contributed by atoms with van der Waals surface area (Å²) in [5.41, 5.74) is 3.94. The third-order valence-electron chi connectivity index (χ3n) is 2.19. The Labute approximate surface area is 75.7 Å². The van der Waals surface area contributed by atoms with Crippen LogP contribution in [0.3, 0.4) is 0 Å². The van der Waals surface area contributed by atoms with Gasteiger partial charge in [-0.2, -0.15) is 0 Å². The van der Waals surface area contributed by atoms with Gasteiger partial charge in [-0.1, -0.05) is 50.2 Å². The van der Waals surface area contributed by atoms with E-state index in [0.29, 0.717) is 5.92 Å². The van der Waals surface area contributed by atoms with Gasteiger partial charge in [0.2, 0.25) is 0 Å². The molecule has 0 heterocycles. The lowest BCUT2D eigenvalue weighted by atomic mass is 9.87. The van der Waals surface area contributed by atoms with Crippen LogP contribution < -0.4 is 5.46 Å². The second kappa shape index (κ2) is 3.62. The minimum absolute atomic E-state index is 0.601. The molecule has 0 N–H and O–H groups in total. The van der Waals surface area contributed by atoms with Gasteiger partial charge in [0.15, 0.2) is 0 Å². The van der Waals surface area contributed by atoms with Crippen LogP contribution in [-0.4, -0.2) is 7.85 Å². The van der Waals surface area contributed by atoms with E-state index >= 15 is 0 Å². The van der Waals surface area contributed by atoms with Gasteiger partial charge >= 0.3 is 0 Å². The van der Waals surface area contributed by atoms with Gasteiger partial charge in [0.05, 0.1) is 0 Å². The number of hydrogen-bond donors (Lipinski definition) is 0. The molecule has 0 unspecified atom stereocenters. The largest absolute Gasteiger partial charge is 0.140 e. The molecule has 0 aliphatic carbocycles. The van der Waals surface area contributed by atoms with Gasteiger partial charge in [-0.05, 0) is 17.0 Å². The van der Waals surface area contributed by atoms with Crippen molar-refractivity contribution in [3.05, 3.63) is 35.9 Å². The summed E-state index contributed by atoms with van der Waals surface area (Å²) in [5.74, 6) is 0.601. The molecule has 62 valence electrons. The van der Waals surface area contributed by atoms with Crippen molar-refractivity contribution in [2.24, 2.45) is 0 Å². The van der Waals surface area contributed by atoms with Gasteiger partial charge < -0.3 is 0 Å². The van der Waals surface area contributed by atoms with Crippen LogP contribution in [0, 0.1) is 0 Å². The Morgan fingerprint density at radius 2 is 2.08 bits per heavy atom. The standard InChI is InChI=1S/C11H15B/c1-4-9-7-10(8(2)3)5-6-11(9)12/h4-8H,1,12H2,2-3H3. The van der Waals surface area contributed by atoms with Crippen LogP contribution in [0.1, 0.15) is 30.9 Å². The molecule has 1 aromatic rings. The van der Waals surface area contributed by atoms with Crippen molar-refractivity contribution < 1.29 is 0 Å². The van der Waals surface area contributed by atoms with Gasteiger partial charge in [0.1, 0.15) is 7.85 Å². The maximum Gasteiger partial charge on any atom is 0.140 e. The van der Waals surface area contributed by atoms with E-state index in [2.05, 4.69) is 46.5 Å². The first-order valence-electron chi connectivity index (χ1n) is 4.38. The van der Waals surface area contributed by atoms with Crippen molar-refractivity contribution in [3.8, 4) is 0 Å². The predicted octanol–water partition coefficient (Wildman–Crippen LogP) is 1.71. The fourth-order valence-corrected chi connectivity index (χ4v) is 1.24. The van der Waals surface area contributed by atoms with Gasteiger partial charge in [0.25, 0.3) is 0 Å². The molecule has 0 fully saturated rings. The SMILES string of the molecule is Bc1ccc(C(C)C)cc1C=C. The monoisotopic (exact) mass is 158 g/mol. The lowest BCUT2D eigenvalue weighted by molar-refractivity contribution is 0.867. The molecule has 0 aliphatic heterocycles. The first kappa shape index (κ1) is 9.12. The van der Waals surface area contributed by atoms with Gasteiger partial charge in [-0.25, -0.2) is 0 Å². The molecular formula is C11H15B. The minimum atomic E-state index is 0.601. The van der Waals surface area contributed by atoms with Crippen molar-refractivity contribution in [2.45, 2.75) is 19.8 Å². The summed E-state index contributed by atoms with van der Waals surface area (Å²) >= 11 is 0.